The molecule has 1 aromatic heterocycles. The number of aromatic nitrogens is 2. The number of hydrogen-bond donors (Lipinski definition) is 1. The second-order valence-electron chi connectivity index (χ2n) is 3.63. The van der Waals surface area contributed by atoms with E-state index in [1.54, 1.807) is 6.33 Å². The van der Waals surface area contributed by atoms with E-state index >= 15 is 0 Å². The number of nitrogens with zero attached hydrogens (tertiary/aromatic N) is 2. The number of aliphatic hydroxyl groups excluding tert-OH is 1. The highest BCUT2D eigenvalue weighted by Crippen LogP contribution is 2.39. The molecule has 0 bridgehead atoms. The van der Waals surface area contributed by atoms with Gasteiger partial charge < -0.3 is 5.11 Å². The van der Waals surface area contributed by atoms with Gasteiger partial charge >= 0.3 is 0 Å². The SMILES string of the molecule is CCc1ncnc2c1[C@@H](C)C[C@H]2O. The fourth-order valence-electron chi connectivity index (χ4n) is 2.10. The molecule has 1 N–H and O–H groups in total. The average Bonchev–Trinajstić information content (AvgIpc) is 2.43. The van der Waals surface area contributed by atoms with E-state index < -0.39 is 0 Å². The third-order valence-corrected chi connectivity index (χ3v) is 2.72. The lowest BCUT2D eigenvalue weighted by Gasteiger charge is -2.07. The van der Waals surface area contributed by atoms with Gasteiger partial charge in [0.1, 0.15) is 6.33 Å². The molecule has 1 aromatic rings. The lowest BCUT2D eigenvalue weighted by atomic mass is 10.0. The standard InChI is InChI=1S/C10H14N2O/c1-3-7-9-6(2)4-8(13)10(9)12-5-11-7/h5-6,8,13H,3-4H2,1-2H3/t6-,8+/m0/s1. The van der Waals surface area contributed by atoms with E-state index in [0.29, 0.717) is 5.92 Å². The Labute approximate surface area is 77.8 Å². The van der Waals surface area contributed by atoms with Crippen LogP contribution in [0.5, 0.6) is 0 Å². The summed E-state index contributed by atoms with van der Waals surface area (Å²) in [6, 6.07) is 0. The van der Waals surface area contributed by atoms with Gasteiger partial charge in [-0.1, -0.05) is 13.8 Å². The van der Waals surface area contributed by atoms with Crippen LogP contribution in [0.15, 0.2) is 6.33 Å². The molecule has 1 aliphatic carbocycles. The lowest BCUT2D eigenvalue weighted by Crippen LogP contribution is -2.01. The van der Waals surface area contributed by atoms with Gasteiger partial charge in [-0.05, 0) is 18.8 Å². The zero-order valence-corrected chi connectivity index (χ0v) is 7.99. The van der Waals surface area contributed by atoms with Gasteiger partial charge in [0.25, 0.3) is 0 Å². The van der Waals surface area contributed by atoms with Crippen LogP contribution in [0.4, 0.5) is 0 Å². The van der Waals surface area contributed by atoms with Crippen molar-refractivity contribution in [3.8, 4) is 0 Å². The molecule has 0 aromatic carbocycles. The molecule has 2 rings (SSSR count). The van der Waals surface area contributed by atoms with Gasteiger partial charge in [0.2, 0.25) is 0 Å². The highest BCUT2D eigenvalue weighted by atomic mass is 16.3. The Morgan fingerprint density at radius 3 is 3.00 bits per heavy atom. The molecule has 0 saturated carbocycles. The number of aliphatic hydroxyl groups is 1. The molecule has 0 amide bonds. The minimum Gasteiger partial charge on any atom is -0.387 e. The molecule has 3 nitrogen and oxygen atoms in total. The van der Waals surface area contributed by atoms with Gasteiger partial charge in [0, 0.05) is 11.3 Å². The Balaban J connectivity index is 2.55. The zero-order valence-electron chi connectivity index (χ0n) is 7.99. The van der Waals surface area contributed by atoms with Gasteiger partial charge in [-0.15, -0.1) is 0 Å². The van der Waals surface area contributed by atoms with Crippen LogP contribution in [-0.4, -0.2) is 15.1 Å². The first-order valence-corrected chi connectivity index (χ1v) is 4.75. The third-order valence-electron chi connectivity index (χ3n) is 2.72. The number of fused-ring (bicyclic) bond motifs is 1. The molecule has 70 valence electrons. The maximum atomic E-state index is 9.68. The Morgan fingerprint density at radius 2 is 2.31 bits per heavy atom. The molecule has 1 heterocycles. The van der Waals surface area contributed by atoms with E-state index in [4.69, 9.17) is 0 Å². The summed E-state index contributed by atoms with van der Waals surface area (Å²) in [5.74, 6) is 0.404. The number of rotatable bonds is 1. The van der Waals surface area contributed by atoms with E-state index in [1.807, 2.05) is 0 Å². The molecule has 1 aliphatic rings. The summed E-state index contributed by atoms with van der Waals surface area (Å²) < 4.78 is 0. The summed E-state index contributed by atoms with van der Waals surface area (Å²) in [6.45, 7) is 4.21. The maximum absolute atomic E-state index is 9.68. The largest absolute Gasteiger partial charge is 0.387 e. The van der Waals surface area contributed by atoms with Gasteiger partial charge in [-0.2, -0.15) is 0 Å². The summed E-state index contributed by atoms with van der Waals surface area (Å²) in [5, 5.41) is 9.68. The van der Waals surface area contributed by atoms with E-state index in [-0.39, 0.29) is 6.10 Å². The van der Waals surface area contributed by atoms with Crippen molar-refractivity contribution in [2.45, 2.75) is 38.7 Å². The second-order valence-corrected chi connectivity index (χ2v) is 3.63. The van der Waals surface area contributed by atoms with Crippen LogP contribution in [0.25, 0.3) is 0 Å². The Hall–Kier alpha value is -0.960. The summed E-state index contributed by atoms with van der Waals surface area (Å²) in [6.07, 6.45) is 2.89. The fourth-order valence-corrected chi connectivity index (χ4v) is 2.10. The molecule has 0 unspecified atom stereocenters. The van der Waals surface area contributed by atoms with Crippen molar-refractivity contribution in [3.63, 3.8) is 0 Å². The first kappa shape index (κ1) is 8.63. The van der Waals surface area contributed by atoms with Crippen LogP contribution in [0, 0.1) is 0 Å². The molecule has 3 heteroatoms. The summed E-state index contributed by atoms with van der Waals surface area (Å²) in [4.78, 5) is 8.37. The van der Waals surface area contributed by atoms with E-state index in [2.05, 4.69) is 23.8 Å². The normalized spacial score (nSPS) is 26.1. The Kier molecular flexibility index (Phi) is 2.04. The monoisotopic (exact) mass is 178 g/mol. The molecule has 0 fully saturated rings. The number of aryl methyl sites for hydroxylation is 1. The van der Waals surface area contributed by atoms with Crippen LogP contribution >= 0.6 is 0 Å². The van der Waals surface area contributed by atoms with Crippen molar-refractivity contribution in [2.75, 3.05) is 0 Å². The Morgan fingerprint density at radius 1 is 1.54 bits per heavy atom. The molecule has 0 spiro atoms. The lowest BCUT2D eigenvalue weighted by molar-refractivity contribution is 0.170. The molecular weight excluding hydrogens is 164 g/mol. The van der Waals surface area contributed by atoms with Crippen LogP contribution < -0.4 is 0 Å². The molecular formula is C10H14N2O. The fraction of sp³-hybridized carbons (Fsp3) is 0.600. The topological polar surface area (TPSA) is 46.0 Å². The van der Waals surface area contributed by atoms with Crippen LogP contribution in [0.1, 0.15) is 49.2 Å². The van der Waals surface area contributed by atoms with Crippen molar-refractivity contribution >= 4 is 0 Å². The van der Waals surface area contributed by atoms with Crippen LogP contribution in [0.2, 0.25) is 0 Å². The predicted octanol–water partition coefficient (Wildman–Crippen LogP) is 1.58. The minimum absolute atomic E-state index is 0.377. The van der Waals surface area contributed by atoms with E-state index in [9.17, 15) is 5.11 Å². The van der Waals surface area contributed by atoms with Gasteiger partial charge in [0.05, 0.1) is 11.8 Å². The minimum atomic E-state index is -0.377. The summed E-state index contributed by atoms with van der Waals surface area (Å²) >= 11 is 0. The summed E-state index contributed by atoms with van der Waals surface area (Å²) in [5.41, 5.74) is 3.12. The highest BCUT2D eigenvalue weighted by molar-refractivity contribution is 5.34. The molecule has 0 aliphatic heterocycles. The van der Waals surface area contributed by atoms with Crippen molar-refractivity contribution < 1.29 is 5.11 Å². The summed E-state index contributed by atoms with van der Waals surface area (Å²) in [7, 11) is 0. The van der Waals surface area contributed by atoms with E-state index in [1.165, 1.54) is 5.56 Å². The Bertz CT molecular complexity index is 325. The van der Waals surface area contributed by atoms with Crippen molar-refractivity contribution in [1.29, 1.82) is 0 Å². The third kappa shape index (κ3) is 1.23. The second kappa shape index (κ2) is 3.07. The molecule has 13 heavy (non-hydrogen) atoms. The molecule has 0 saturated heterocycles. The first-order chi connectivity index (χ1) is 6.24. The first-order valence-electron chi connectivity index (χ1n) is 4.75. The van der Waals surface area contributed by atoms with Crippen molar-refractivity contribution in [1.82, 2.24) is 9.97 Å². The molecule has 2 atom stereocenters. The average molecular weight is 178 g/mol. The van der Waals surface area contributed by atoms with E-state index in [0.717, 1.165) is 24.2 Å². The highest BCUT2D eigenvalue weighted by Gasteiger charge is 2.30. The van der Waals surface area contributed by atoms with Gasteiger partial charge in [-0.25, -0.2) is 9.97 Å². The van der Waals surface area contributed by atoms with Crippen LogP contribution in [0.3, 0.4) is 0 Å². The number of hydrogen-bond acceptors (Lipinski definition) is 3. The van der Waals surface area contributed by atoms with Crippen molar-refractivity contribution in [3.05, 3.63) is 23.3 Å². The predicted molar refractivity (Wildman–Crippen MR) is 49.4 cm³/mol. The zero-order chi connectivity index (χ0) is 9.42. The van der Waals surface area contributed by atoms with Crippen molar-refractivity contribution in [2.24, 2.45) is 0 Å². The molecule has 0 radical (unpaired) electrons. The van der Waals surface area contributed by atoms with Gasteiger partial charge in [0.15, 0.2) is 0 Å². The maximum Gasteiger partial charge on any atom is 0.116 e. The smallest absolute Gasteiger partial charge is 0.116 e. The quantitative estimate of drug-likeness (QED) is 0.710. The van der Waals surface area contributed by atoms with Gasteiger partial charge in [-0.3, -0.25) is 0 Å². The van der Waals surface area contributed by atoms with Crippen LogP contribution in [-0.2, 0) is 6.42 Å².